The highest BCUT2D eigenvalue weighted by Gasteiger charge is 2.33. The molecule has 0 saturated carbocycles. The quantitative estimate of drug-likeness (QED) is 0.749. The predicted molar refractivity (Wildman–Crippen MR) is 98.1 cm³/mol. The number of para-hydroxylation sites is 1. The predicted octanol–water partition coefficient (Wildman–Crippen LogP) is 3.96. The number of carbonyl (C=O) groups is 1. The Labute approximate surface area is 156 Å². The van der Waals surface area contributed by atoms with Crippen LogP contribution in [0.25, 0.3) is 11.5 Å². The zero-order valence-electron chi connectivity index (χ0n) is 15.3. The van der Waals surface area contributed by atoms with Crippen LogP contribution in [-0.2, 0) is 6.42 Å². The summed E-state index contributed by atoms with van der Waals surface area (Å²) in [5, 5.41) is 10.9. The highest BCUT2D eigenvalue weighted by atomic mass is 16.5. The van der Waals surface area contributed by atoms with Gasteiger partial charge in [0.2, 0.25) is 0 Å². The first-order valence-electron chi connectivity index (χ1n) is 9.08. The number of hydrogen-bond acceptors (Lipinski definition) is 6. The topological polar surface area (TPSA) is 97.3 Å². The lowest BCUT2D eigenvalue weighted by atomic mass is 10.1. The van der Waals surface area contributed by atoms with Gasteiger partial charge in [0.05, 0.1) is 23.0 Å². The molecule has 0 radical (unpaired) electrons. The number of amides is 2. The van der Waals surface area contributed by atoms with Crippen LogP contribution >= 0.6 is 0 Å². The Balaban J connectivity index is 1.56. The van der Waals surface area contributed by atoms with E-state index in [9.17, 15) is 4.79 Å². The van der Waals surface area contributed by atoms with Gasteiger partial charge >= 0.3 is 6.03 Å². The number of carbonyl (C=O) groups excluding carboxylic acids is 1. The maximum absolute atomic E-state index is 12.9. The molecule has 1 fully saturated rings. The molecule has 8 nitrogen and oxygen atoms in total. The van der Waals surface area contributed by atoms with Crippen molar-refractivity contribution in [2.24, 2.45) is 0 Å². The zero-order valence-corrected chi connectivity index (χ0v) is 15.3. The highest BCUT2D eigenvalue weighted by Crippen LogP contribution is 2.34. The molecule has 2 amide bonds. The van der Waals surface area contributed by atoms with Gasteiger partial charge in [-0.05, 0) is 31.9 Å². The molecule has 140 valence electrons. The summed E-state index contributed by atoms with van der Waals surface area (Å²) in [5.41, 5.74) is 2.14. The molecule has 4 rings (SSSR count). The third-order valence-corrected chi connectivity index (χ3v) is 4.67. The van der Waals surface area contributed by atoms with Crippen molar-refractivity contribution in [3.63, 3.8) is 0 Å². The van der Waals surface area contributed by atoms with Crippen LogP contribution in [0.1, 0.15) is 43.1 Å². The number of likely N-dealkylation sites (tertiary alicyclic amines) is 1. The minimum atomic E-state index is -0.186. The molecule has 3 heterocycles. The van der Waals surface area contributed by atoms with Crippen molar-refractivity contribution in [3.05, 3.63) is 47.6 Å². The highest BCUT2D eigenvalue weighted by molar-refractivity contribution is 5.93. The average Bonchev–Trinajstić information content (AvgIpc) is 3.42. The summed E-state index contributed by atoms with van der Waals surface area (Å²) >= 11 is 0. The van der Waals surface area contributed by atoms with Crippen LogP contribution in [0.3, 0.4) is 0 Å². The van der Waals surface area contributed by atoms with Gasteiger partial charge < -0.3 is 19.3 Å². The molecule has 27 heavy (non-hydrogen) atoms. The molecule has 1 aromatic carbocycles. The summed E-state index contributed by atoms with van der Waals surface area (Å²) in [7, 11) is 0. The second-order valence-electron chi connectivity index (χ2n) is 6.57. The van der Waals surface area contributed by atoms with Crippen molar-refractivity contribution in [1.29, 1.82) is 0 Å². The SMILES string of the molecule is CCc1noc(-c2ccccc2NC(=O)N2CCC[C@H]2c2cc(C)no2)n1. The average molecular weight is 367 g/mol. The molecule has 1 saturated heterocycles. The van der Waals surface area contributed by atoms with E-state index in [4.69, 9.17) is 9.05 Å². The lowest BCUT2D eigenvalue weighted by Gasteiger charge is -2.23. The Morgan fingerprint density at radius 2 is 2.15 bits per heavy atom. The number of anilines is 1. The van der Waals surface area contributed by atoms with Gasteiger partial charge in [-0.25, -0.2) is 4.79 Å². The summed E-state index contributed by atoms with van der Waals surface area (Å²) in [6, 6.07) is 9.00. The van der Waals surface area contributed by atoms with E-state index in [1.807, 2.05) is 44.2 Å². The van der Waals surface area contributed by atoms with Crippen LogP contribution in [0.5, 0.6) is 0 Å². The van der Waals surface area contributed by atoms with Gasteiger partial charge in [0.1, 0.15) is 0 Å². The molecule has 1 N–H and O–H groups in total. The molecule has 0 unspecified atom stereocenters. The Morgan fingerprint density at radius 1 is 1.30 bits per heavy atom. The van der Waals surface area contributed by atoms with Crippen LogP contribution < -0.4 is 5.32 Å². The Bertz CT molecular complexity index is 948. The molecule has 1 aliphatic rings. The molecular formula is C19H21N5O3. The fraction of sp³-hybridized carbons (Fsp3) is 0.368. The maximum atomic E-state index is 12.9. The standard InChI is InChI=1S/C19H21N5O3/c1-3-17-21-18(27-23-17)13-7-4-5-8-14(13)20-19(25)24-10-6-9-15(24)16-11-12(2)22-26-16/h4-5,7-8,11,15H,3,6,9-10H2,1-2H3,(H,20,25)/t15-/m0/s1. The summed E-state index contributed by atoms with van der Waals surface area (Å²) in [6.45, 7) is 4.50. The van der Waals surface area contributed by atoms with E-state index in [1.165, 1.54) is 0 Å². The molecule has 0 spiro atoms. The van der Waals surface area contributed by atoms with Gasteiger partial charge in [-0.15, -0.1) is 0 Å². The van der Waals surface area contributed by atoms with Gasteiger partial charge in [-0.3, -0.25) is 0 Å². The van der Waals surface area contributed by atoms with Gasteiger partial charge in [0, 0.05) is 19.0 Å². The number of rotatable bonds is 4. The van der Waals surface area contributed by atoms with Crippen molar-refractivity contribution in [2.75, 3.05) is 11.9 Å². The Hall–Kier alpha value is -3.16. The van der Waals surface area contributed by atoms with Gasteiger partial charge in [-0.1, -0.05) is 29.4 Å². The van der Waals surface area contributed by atoms with Crippen LogP contribution in [-0.4, -0.2) is 32.8 Å². The molecule has 0 bridgehead atoms. The number of hydrogen-bond donors (Lipinski definition) is 1. The number of aryl methyl sites for hydroxylation is 2. The Kier molecular flexibility index (Phi) is 4.62. The van der Waals surface area contributed by atoms with Crippen molar-refractivity contribution < 1.29 is 13.8 Å². The number of aromatic nitrogens is 3. The van der Waals surface area contributed by atoms with Crippen LogP contribution in [0.15, 0.2) is 39.4 Å². The molecule has 2 aromatic heterocycles. The number of urea groups is 1. The number of nitrogens with zero attached hydrogens (tertiary/aromatic N) is 4. The number of nitrogens with one attached hydrogen (secondary N) is 1. The molecule has 1 aliphatic heterocycles. The van der Waals surface area contributed by atoms with E-state index in [2.05, 4.69) is 20.6 Å². The normalized spacial score (nSPS) is 16.7. The van der Waals surface area contributed by atoms with E-state index in [1.54, 1.807) is 4.90 Å². The molecular weight excluding hydrogens is 346 g/mol. The fourth-order valence-corrected chi connectivity index (χ4v) is 3.32. The summed E-state index contributed by atoms with van der Waals surface area (Å²) in [6.07, 6.45) is 2.46. The van der Waals surface area contributed by atoms with Crippen molar-refractivity contribution in [2.45, 2.75) is 39.2 Å². The molecule has 3 aromatic rings. The van der Waals surface area contributed by atoms with Crippen LogP contribution in [0, 0.1) is 6.92 Å². The lowest BCUT2D eigenvalue weighted by Crippen LogP contribution is -2.34. The summed E-state index contributed by atoms with van der Waals surface area (Å²) in [4.78, 5) is 19.1. The minimum absolute atomic E-state index is 0.103. The molecule has 1 atom stereocenters. The second-order valence-corrected chi connectivity index (χ2v) is 6.57. The van der Waals surface area contributed by atoms with E-state index in [0.29, 0.717) is 35.9 Å². The first-order valence-corrected chi connectivity index (χ1v) is 9.08. The first kappa shape index (κ1) is 17.3. The molecule has 0 aliphatic carbocycles. The van der Waals surface area contributed by atoms with Crippen molar-refractivity contribution in [3.8, 4) is 11.5 Å². The third-order valence-electron chi connectivity index (χ3n) is 4.67. The zero-order chi connectivity index (χ0) is 18.8. The van der Waals surface area contributed by atoms with Crippen molar-refractivity contribution >= 4 is 11.7 Å². The van der Waals surface area contributed by atoms with Crippen LogP contribution in [0.4, 0.5) is 10.5 Å². The minimum Gasteiger partial charge on any atom is -0.359 e. The third kappa shape index (κ3) is 3.42. The number of benzene rings is 1. The Morgan fingerprint density at radius 3 is 2.89 bits per heavy atom. The van der Waals surface area contributed by atoms with Crippen LogP contribution in [0.2, 0.25) is 0 Å². The van der Waals surface area contributed by atoms with Crippen molar-refractivity contribution in [1.82, 2.24) is 20.2 Å². The summed E-state index contributed by atoms with van der Waals surface area (Å²) in [5.74, 6) is 1.75. The second kappa shape index (κ2) is 7.22. The molecule has 8 heteroatoms. The van der Waals surface area contributed by atoms with E-state index >= 15 is 0 Å². The van der Waals surface area contributed by atoms with Gasteiger partial charge in [0.15, 0.2) is 11.6 Å². The van der Waals surface area contributed by atoms with E-state index in [-0.39, 0.29) is 12.1 Å². The van der Waals surface area contributed by atoms with Gasteiger partial charge in [-0.2, -0.15) is 4.98 Å². The van der Waals surface area contributed by atoms with E-state index < -0.39 is 0 Å². The first-order chi connectivity index (χ1) is 13.2. The van der Waals surface area contributed by atoms with Gasteiger partial charge in [0.25, 0.3) is 5.89 Å². The largest absolute Gasteiger partial charge is 0.359 e. The lowest BCUT2D eigenvalue weighted by molar-refractivity contribution is 0.195. The fourth-order valence-electron chi connectivity index (χ4n) is 3.32. The van der Waals surface area contributed by atoms with E-state index in [0.717, 1.165) is 24.3 Å². The monoisotopic (exact) mass is 367 g/mol. The smallest absolute Gasteiger partial charge is 0.322 e. The maximum Gasteiger partial charge on any atom is 0.322 e. The summed E-state index contributed by atoms with van der Waals surface area (Å²) < 4.78 is 10.7.